The first kappa shape index (κ1) is 16.2. The number of carbonyl (C=O) groups is 1. The average molecular weight is 328 g/mol. The van der Waals surface area contributed by atoms with Crippen molar-refractivity contribution < 1.29 is 9.90 Å². The first-order valence-electron chi connectivity index (χ1n) is 6.44. The Morgan fingerprint density at radius 3 is 2.68 bits per heavy atom. The molecule has 0 radical (unpaired) electrons. The van der Waals surface area contributed by atoms with Crippen molar-refractivity contribution in [1.82, 2.24) is 5.32 Å². The summed E-state index contributed by atoms with van der Waals surface area (Å²) in [5.74, 6) is -0.0718. The molecule has 1 unspecified atom stereocenters. The summed E-state index contributed by atoms with van der Waals surface area (Å²) in [6, 6.07) is 5.59. The average Bonchev–Trinajstić information content (AvgIpc) is 2.28. The Balaban J connectivity index is 2.68. The lowest BCUT2D eigenvalue weighted by Gasteiger charge is -2.26. The normalized spacial score (nSPS) is 13.2. The second-order valence-electron chi connectivity index (χ2n) is 5.81. The number of carbonyl (C=O) groups excluding carboxylic acids is 1. The molecule has 1 rings (SSSR count). The molecule has 19 heavy (non-hydrogen) atoms. The molecule has 1 aromatic carbocycles. The number of nitrogens with one attached hydrogen (secondary N) is 1. The van der Waals surface area contributed by atoms with Crippen LogP contribution in [0.25, 0.3) is 0 Å². The predicted octanol–water partition coefficient (Wildman–Crippen LogP) is 3.28. The lowest BCUT2D eigenvalue weighted by atomic mass is 9.87. The number of amides is 1. The van der Waals surface area contributed by atoms with Gasteiger partial charge in [-0.25, -0.2) is 0 Å². The Hall–Kier alpha value is -0.870. The van der Waals surface area contributed by atoms with Crippen LogP contribution in [0.5, 0.6) is 0 Å². The highest BCUT2D eigenvalue weighted by Gasteiger charge is 2.21. The highest BCUT2D eigenvalue weighted by Crippen LogP contribution is 2.22. The maximum Gasteiger partial charge on any atom is 0.251 e. The molecule has 106 valence electrons. The van der Waals surface area contributed by atoms with E-state index in [2.05, 4.69) is 21.2 Å². The molecular formula is C15H22BrNO2. The zero-order valence-electron chi connectivity index (χ0n) is 12.0. The SMILES string of the molecule is Cc1c(Br)cccc1C(=O)NCC(C)(C)CC(C)O. The van der Waals surface area contributed by atoms with Crippen LogP contribution in [-0.4, -0.2) is 23.7 Å². The molecular weight excluding hydrogens is 306 g/mol. The lowest BCUT2D eigenvalue weighted by molar-refractivity contribution is 0.0901. The van der Waals surface area contributed by atoms with Crippen LogP contribution in [0.1, 0.15) is 43.1 Å². The van der Waals surface area contributed by atoms with Crippen molar-refractivity contribution >= 4 is 21.8 Å². The minimum atomic E-state index is -0.362. The van der Waals surface area contributed by atoms with E-state index in [9.17, 15) is 9.90 Å². The molecule has 2 N–H and O–H groups in total. The highest BCUT2D eigenvalue weighted by atomic mass is 79.9. The van der Waals surface area contributed by atoms with Gasteiger partial charge in [-0.1, -0.05) is 35.8 Å². The van der Waals surface area contributed by atoms with Crippen molar-refractivity contribution in [2.24, 2.45) is 5.41 Å². The second kappa shape index (κ2) is 6.53. The maximum absolute atomic E-state index is 12.2. The quantitative estimate of drug-likeness (QED) is 0.871. The van der Waals surface area contributed by atoms with Crippen LogP contribution in [-0.2, 0) is 0 Å². The van der Waals surface area contributed by atoms with Gasteiger partial charge in [0.25, 0.3) is 5.91 Å². The van der Waals surface area contributed by atoms with Crippen LogP contribution in [0.2, 0.25) is 0 Å². The van der Waals surface area contributed by atoms with Crippen molar-refractivity contribution in [2.45, 2.75) is 40.2 Å². The molecule has 0 aliphatic heterocycles. The van der Waals surface area contributed by atoms with Crippen LogP contribution in [0.3, 0.4) is 0 Å². The largest absolute Gasteiger partial charge is 0.393 e. The third kappa shape index (κ3) is 4.96. The Morgan fingerprint density at radius 2 is 2.11 bits per heavy atom. The standard InChI is InChI=1S/C15H22BrNO2/c1-10(18)8-15(3,4)9-17-14(19)12-6-5-7-13(16)11(12)2/h5-7,10,18H,8-9H2,1-4H3,(H,17,19). The predicted molar refractivity (Wildman–Crippen MR) is 81.3 cm³/mol. The number of rotatable bonds is 5. The van der Waals surface area contributed by atoms with Gasteiger partial charge in [0.2, 0.25) is 0 Å². The van der Waals surface area contributed by atoms with Crippen LogP contribution in [0.15, 0.2) is 22.7 Å². The van der Waals surface area contributed by atoms with Gasteiger partial charge in [-0.3, -0.25) is 4.79 Å². The maximum atomic E-state index is 12.2. The van der Waals surface area contributed by atoms with Gasteiger partial charge in [-0.15, -0.1) is 0 Å². The topological polar surface area (TPSA) is 49.3 Å². The summed E-state index contributed by atoms with van der Waals surface area (Å²) in [5, 5.41) is 12.4. The Bertz CT molecular complexity index is 455. The molecule has 0 aliphatic carbocycles. The van der Waals surface area contributed by atoms with E-state index < -0.39 is 0 Å². The molecule has 0 heterocycles. The van der Waals surface area contributed by atoms with Crippen LogP contribution in [0, 0.1) is 12.3 Å². The van der Waals surface area contributed by atoms with Crippen LogP contribution < -0.4 is 5.32 Å². The molecule has 0 saturated heterocycles. The molecule has 0 spiro atoms. The molecule has 1 amide bonds. The van der Waals surface area contributed by atoms with Crippen molar-refractivity contribution in [3.05, 3.63) is 33.8 Å². The fraction of sp³-hybridized carbons (Fsp3) is 0.533. The van der Waals surface area contributed by atoms with E-state index in [0.717, 1.165) is 10.0 Å². The number of halogens is 1. The molecule has 4 heteroatoms. The molecule has 0 aromatic heterocycles. The van der Waals surface area contributed by atoms with E-state index in [4.69, 9.17) is 0 Å². The zero-order chi connectivity index (χ0) is 14.6. The summed E-state index contributed by atoms with van der Waals surface area (Å²) >= 11 is 3.42. The lowest BCUT2D eigenvalue weighted by Crippen LogP contribution is -2.36. The van der Waals surface area contributed by atoms with E-state index in [1.54, 1.807) is 6.92 Å². The number of hydrogen-bond donors (Lipinski definition) is 2. The van der Waals surface area contributed by atoms with E-state index in [1.165, 1.54) is 0 Å². The Labute approximate surface area is 123 Å². The summed E-state index contributed by atoms with van der Waals surface area (Å²) < 4.78 is 0.934. The Kier molecular flexibility index (Phi) is 5.56. The number of aliphatic hydroxyl groups is 1. The van der Waals surface area contributed by atoms with Crippen molar-refractivity contribution in [3.63, 3.8) is 0 Å². The third-order valence-corrected chi connectivity index (χ3v) is 3.95. The van der Waals surface area contributed by atoms with Crippen molar-refractivity contribution in [2.75, 3.05) is 6.54 Å². The number of hydrogen-bond acceptors (Lipinski definition) is 2. The van der Waals surface area contributed by atoms with Gasteiger partial charge in [0.15, 0.2) is 0 Å². The van der Waals surface area contributed by atoms with E-state index in [-0.39, 0.29) is 17.4 Å². The van der Waals surface area contributed by atoms with Gasteiger partial charge < -0.3 is 10.4 Å². The minimum Gasteiger partial charge on any atom is -0.393 e. The van der Waals surface area contributed by atoms with Crippen LogP contribution in [0.4, 0.5) is 0 Å². The minimum absolute atomic E-state index is 0.0718. The summed E-state index contributed by atoms with van der Waals surface area (Å²) in [4.78, 5) is 12.2. The van der Waals surface area contributed by atoms with E-state index in [1.807, 2.05) is 39.0 Å². The van der Waals surface area contributed by atoms with Gasteiger partial charge in [-0.05, 0) is 43.4 Å². The van der Waals surface area contributed by atoms with E-state index in [0.29, 0.717) is 18.5 Å². The fourth-order valence-corrected chi connectivity index (χ4v) is 2.51. The molecule has 3 nitrogen and oxygen atoms in total. The van der Waals surface area contributed by atoms with Crippen molar-refractivity contribution in [3.8, 4) is 0 Å². The molecule has 0 saturated carbocycles. The number of aliphatic hydroxyl groups excluding tert-OH is 1. The Morgan fingerprint density at radius 1 is 1.47 bits per heavy atom. The molecule has 0 fully saturated rings. The second-order valence-corrected chi connectivity index (χ2v) is 6.67. The zero-order valence-corrected chi connectivity index (χ0v) is 13.5. The van der Waals surface area contributed by atoms with E-state index >= 15 is 0 Å². The first-order valence-corrected chi connectivity index (χ1v) is 7.23. The molecule has 0 aliphatic rings. The summed E-state index contributed by atoms with van der Waals surface area (Å²) in [6.45, 7) is 8.30. The molecule has 1 aromatic rings. The summed E-state index contributed by atoms with van der Waals surface area (Å²) in [6.07, 6.45) is 0.296. The van der Waals surface area contributed by atoms with Gasteiger partial charge >= 0.3 is 0 Å². The van der Waals surface area contributed by atoms with Gasteiger partial charge in [0, 0.05) is 16.6 Å². The first-order chi connectivity index (χ1) is 8.73. The number of benzene rings is 1. The smallest absolute Gasteiger partial charge is 0.251 e. The summed E-state index contributed by atoms with van der Waals surface area (Å²) in [7, 11) is 0. The van der Waals surface area contributed by atoms with Crippen LogP contribution >= 0.6 is 15.9 Å². The van der Waals surface area contributed by atoms with Gasteiger partial charge in [-0.2, -0.15) is 0 Å². The highest BCUT2D eigenvalue weighted by molar-refractivity contribution is 9.10. The summed E-state index contributed by atoms with van der Waals surface area (Å²) in [5.41, 5.74) is 1.50. The monoisotopic (exact) mass is 327 g/mol. The molecule has 1 atom stereocenters. The molecule has 0 bridgehead atoms. The fourth-order valence-electron chi connectivity index (χ4n) is 2.14. The third-order valence-electron chi connectivity index (χ3n) is 3.09. The van der Waals surface area contributed by atoms with Gasteiger partial charge in [0.1, 0.15) is 0 Å². The van der Waals surface area contributed by atoms with Crippen molar-refractivity contribution in [1.29, 1.82) is 0 Å². The van der Waals surface area contributed by atoms with Gasteiger partial charge in [0.05, 0.1) is 6.10 Å².